The van der Waals surface area contributed by atoms with Gasteiger partial charge in [0, 0.05) is 33.3 Å². The zero-order chi connectivity index (χ0) is 43.8. The molecule has 66 heavy (non-hydrogen) atoms. The summed E-state index contributed by atoms with van der Waals surface area (Å²) in [7, 11) is 0. The van der Waals surface area contributed by atoms with Crippen molar-refractivity contribution in [1.82, 2.24) is 4.57 Å². The fourth-order valence-corrected chi connectivity index (χ4v) is 9.77. The number of para-hydroxylation sites is 3. The second-order valence-electron chi connectivity index (χ2n) is 16.9. The number of aromatic nitrogens is 1. The summed E-state index contributed by atoms with van der Waals surface area (Å²) in [5.41, 5.74) is 18.5. The molecule has 310 valence electrons. The van der Waals surface area contributed by atoms with Gasteiger partial charge in [-0.25, -0.2) is 0 Å². The van der Waals surface area contributed by atoms with Crippen LogP contribution in [0.5, 0.6) is 0 Å². The van der Waals surface area contributed by atoms with Crippen LogP contribution < -0.4 is 4.90 Å². The molecule has 0 aliphatic heterocycles. The number of anilines is 3. The van der Waals surface area contributed by atoms with Crippen LogP contribution in [0.15, 0.2) is 267 Å². The molecule has 0 spiro atoms. The molecule has 0 amide bonds. The van der Waals surface area contributed by atoms with Crippen LogP contribution in [0.4, 0.5) is 17.1 Å². The number of fused-ring (bicyclic) bond motifs is 4. The minimum absolute atomic E-state index is 1.08. The van der Waals surface area contributed by atoms with Crippen LogP contribution >= 0.6 is 0 Å². The van der Waals surface area contributed by atoms with Gasteiger partial charge in [0.25, 0.3) is 0 Å². The summed E-state index contributed by atoms with van der Waals surface area (Å²) in [5.74, 6) is 0. The summed E-state index contributed by atoms with van der Waals surface area (Å²) in [4.78, 5) is 2.43. The molecule has 0 radical (unpaired) electrons. The third-order valence-electron chi connectivity index (χ3n) is 13.0. The van der Waals surface area contributed by atoms with E-state index in [4.69, 9.17) is 0 Å². The van der Waals surface area contributed by atoms with Crippen molar-refractivity contribution in [2.75, 3.05) is 4.90 Å². The van der Waals surface area contributed by atoms with Gasteiger partial charge in [-0.15, -0.1) is 0 Å². The van der Waals surface area contributed by atoms with E-state index in [1.165, 1.54) is 60.4 Å². The Labute approximate surface area is 385 Å². The second-order valence-corrected chi connectivity index (χ2v) is 16.9. The molecular weight excluding hydrogens is 797 g/mol. The largest absolute Gasteiger partial charge is 0.310 e. The molecule has 0 aliphatic rings. The summed E-state index contributed by atoms with van der Waals surface area (Å²) in [6, 6.07) is 97.0. The average molecular weight is 841 g/mol. The highest BCUT2D eigenvalue weighted by molar-refractivity contribution is 6.10. The van der Waals surface area contributed by atoms with Gasteiger partial charge in [-0.2, -0.15) is 0 Å². The van der Waals surface area contributed by atoms with Gasteiger partial charge in [0.1, 0.15) is 0 Å². The maximum atomic E-state index is 2.43. The first-order chi connectivity index (χ1) is 32.7. The molecule has 12 rings (SSSR count). The first-order valence-corrected chi connectivity index (χ1v) is 22.7. The van der Waals surface area contributed by atoms with Crippen molar-refractivity contribution >= 4 is 49.6 Å². The molecule has 0 saturated carbocycles. The zero-order valence-corrected chi connectivity index (χ0v) is 36.3. The second kappa shape index (κ2) is 16.8. The fraction of sp³-hybridized carbons (Fsp3) is 0. The van der Waals surface area contributed by atoms with Crippen LogP contribution in [-0.4, -0.2) is 4.57 Å². The van der Waals surface area contributed by atoms with Crippen molar-refractivity contribution in [2.24, 2.45) is 0 Å². The molecule has 0 atom stereocenters. The van der Waals surface area contributed by atoms with Gasteiger partial charge in [-0.1, -0.05) is 206 Å². The van der Waals surface area contributed by atoms with E-state index in [9.17, 15) is 0 Å². The average Bonchev–Trinajstić information content (AvgIpc) is 3.74. The molecule has 2 heteroatoms. The lowest BCUT2D eigenvalue weighted by atomic mass is 9.94. The van der Waals surface area contributed by atoms with E-state index in [-0.39, 0.29) is 0 Å². The fourth-order valence-electron chi connectivity index (χ4n) is 9.77. The molecule has 11 aromatic carbocycles. The maximum absolute atomic E-state index is 2.43. The van der Waals surface area contributed by atoms with Crippen molar-refractivity contribution < 1.29 is 0 Å². The van der Waals surface area contributed by atoms with Gasteiger partial charge >= 0.3 is 0 Å². The minimum Gasteiger partial charge on any atom is -0.310 e. The first kappa shape index (κ1) is 38.9. The number of hydrogen-bond acceptors (Lipinski definition) is 1. The number of rotatable bonds is 9. The summed E-state index contributed by atoms with van der Waals surface area (Å²) >= 11 is 0. The lowest BCUT2D eigenvalue weighted by molar-refractivity contribution is 1.18. The van der Waals surface area contributed by atoms with Crippen LogP contribution in [0.2, 0.25) is 0 Å². The highest BCUT2D eigenvalue weighted by Crippen LogP contribution is 2.45. The highest BCUT2D eigenvalue weighted by atomic mass is 15.1. The van der Waals surface area contributed by atoms with Gasteiger partial charge < -0.3 is 9.47 Å². The van der Waals surface area contributed by atoms with Gasteiger partial charge in [0.2, 0.25) is 0 Å². The Balaban J connectivity index is 1.02. The van der Waals surface area contributed by atoms with Gasteiger partial charge in [0.05, 0.1) is 22.4 Å². The van der Waals surface area contributed by atoms with Crippen molar-refractivity contribution in [3.05, 3.63) is 267 Å². The van der Waals surface area contributed by atoms with Crippen LogP contribution in [-0.2, 0) is 0 Å². The van der Waals surface area contributed by atoms with Crippen molar-refractivity contribution in [2.45, 2.75) is 0 Å². The number of hydrogen-bond donors (Lipinski definition) is 0. The Hall–Kier alpha value is -8.72. The molecule has 0 saturated heterocycles. The van der Waals surface area contributed by atoms with Gasteiger partial charge in [-0.05, 0) is 116 Å². The predicted molar refractivity (Wildman–Crippen MR) is 280 cm³/mol. The molecule has 1 aromatic heterocycles. The number of nitrogens with zero attached hydrogens (tertiary/aromatic N) is 2. The maximum Gasteiger partial charge on any atom is 0.0541 e. The van der Waals surface area contributed by atoms with Crippen molar-refractivity contribution in [3.8, 4) is 61.3 Å². The lowest BCUT2D eigenvalue weighted by Crippen LogP contribution is -2.11. The Morgan fingerprint density at radius 3 is 1.38 bits per heavy atom. The van der Waals surface area contributed by atoms with E-state index >= 15 is 0 Å². The SMILES string of the molecule is c1ccc(-c2cccc(N(c3cccc(-c4ccc(-c5ccc6ccccc6c5)cc4)c3)c3ccc(-c4ccccc4-n4c5ccccc5c5ccccc54)cc3-c3ccccc3)c2)cc1. The molecule has 0 N–H and O–H groups in total. The quantitative estimate of drug-likeness (QED) is 0.141. The summed E-state index contributed by atoms with van der Waals surface area (Å²) in [6.07, 6.45) is 0. The predicted octanol–water partition coefficient (Wildman–Crippen LogP) is 17.7. The summed E-state index contributed by atoms with van der Waals surface area (Å²) < 4.78 is 2.43. The Bertz CT molecular complexity index is 3640. The first-order valence-electron chi connectivity index (χ1n) is 22.7. The molecular formula is C64H44N2. The van der Waals surface area contributed by atoms with Crippen LogP contribution in [0, 0.1) is 0 Å². The monoisotopic (exact) mass is 840 g/mol. The van der Waals surface area contributed by atoms with Crippen LogP contribution in [0.3, 0.4) is 0 Å². The van der Waals surface area contributed by atoms with Gasteiger partial charge in [0.15, 0.2) is 0 Å². The highest BCUT2D eigenvalue weighted by Gasteiger charge is 2.21. The summed E-state index contributed by atoms with van der Waals surface area (Å²) in [6.45, 7) is 0. The molecule has 0 aliphatic carbocycles. The number of benzene rings is 11. The van der Waals surface area contributed by atoms with E-state index in [2.05, 4.69) is 276 Å². The minimum atomic E-state index is 1.08. The Kier molecular flexibility index (Phi) is 9.89. The molecule has 0 unspecified atom stereocenters. The van der Waals surface area contributed by atoms with E-state index < -0.39 is 0 Å². The zero-order valence-electron chi connectivity index (χ0n) is 36.3. The van der Waals surface area contributed by atoms with E-state index in [0.29, 0.717) is 0 Å². The molecule has 0 bridgehead atoms. The topological polar surface area (TPSA) is 8.17 Å². The van der Waals surface area contributed by atoms with Crippen LogP contribution in [0.1, 0.15) is 0 Å². The summed E-state index contributed by atoms with van der Waals surface area (Å²) in [5, 5.41) is 5.00. The van der Waals surface area contributed by atoms with Gasteiger partial charge in [-0.3, -0.25) is 0 Å². The Morgan fingerprint density at radius 1 is 0.258 bits per heavy atom. The van der Waals surface area contributed by atoms with E-state index in [0.717, 1.165) is 50.6 Å². The van der Waals surface area contributed by atoms with Crippen LogP contribution in [0.25, 0.3) is 93.9 Å². The smallest absolute Gasteiger partial charge is 0.0541 e. The van der Waals surface area contributed by atoms with Crippen molar-refractivity contribution in [1.29, 1.82) is 0 Å². The third-order valence-corrected chi connectivity index (χ3v) is 13.0. The van der Waals surface area contributed by atoms with Crippen molar-refractivity contribution in [3.63, 3.8) is 0 Å². The standard InChI is InChI=1S/C64H44N2/c1-3-17-45(18-4-1)51-23-15-25-55(42-51)65(56-26-16-24-52(43-56)47-33-35-48(36-34-47)53-38-37-46-19-7-8-22-50(46)41-53)64-40-39-54(44-60(64)49-20-5-2-6-21-49)57-27-9-12-30-61(57)66-62-31-13-10-28-58(62)59-29-11-14-32-63(59)66/h1-44H. The molecule has 12 aromatic rings. The van der Waals surface area contributed by atoms with E-state index in [1.54, 1.807) is 0 Å². The molecule has 0 fully saturated rings. The molecule has 2 nitrogen and oxygen atoms in total. The third kappa shape index (κ3) is 7.12. The lowest BCUT2D eigenvalue weighted by Gasteiger charge is -2.29. The normalized spacial score (nSPS) is 11.3. The molecule has 1 heterocycles. The Morgan fingerprint density at radius 2 is 0.727 bits per heavy atom. The van der Waals surface area contributed by atoms with E-state index in [1.807, 2.05) is 0 Å².